The van der Waals surface area contributed by atoms with Crippen molar-refractivity contribution in [1.82, 2.24) is 10.2 Å². The lowest BCUT2D eigenvalue weighted by Gasteiger charge is -2.22. The molecule has 2 N–H and O–H groups in total. The standard InChI is InChI=1S/C18H14BrF2N3O3/c1-18(13-8-11(20)4-7-14(13)21)16(26)24(17(27)23-18)9-15(25)22-12-5-2-10(19)3-6-12/h2-8H,9H2,1H3,(H,22,25)(H,23,27). The number of rotatable bonds is 4. The Morgan fingerprint density at radius 3 is 2.52 bits per heavy atom. The first-order chi connectivity index (χ1) is 12.7. The van der Waals surface area contributed by atoms with Crippen LogP contribution in [-0.2, 0) is 15.1 Å². The number of imide groups is 1. The second-order valence-corrected chi connectivity index (χ2v) is 7.04. The van der Waals surface area contributed by atoms with E-state index in [4.69, 9.17) is 0 Å². The zero-order valence-corrected chi connectivity index (χ0v) is 15.6. The largest absolute Gasteiger partial charge is 0.325 e. The highest BCUT2D eigenvalue weighted by molar-refractivity contribution is 9.10. The van der Waals surface area contributed by atoms with Gasteiger partial charge in [0, 0.05) is 15.7 Å². The van der Waals surface area contributed by atoms with Crippen LogP contribution in [0.2, 0.25) is 0 Å². The van der Waals surface area contributed by atoms with Crippen molar-refractivity contribution in [1.29, 1.82) is 0 Å². The molecule has 1 aliphatic rings. The van der Waals surface area contributed by atoms with Gasteiger partial charge in [-0.1, -0.05) is 15.9 Å². The van der Waals surface area contributed by atoms with E-state index in [0.29, 0.717) is 10.6 Å². The molecular formula is C18H14BrF2N3O3. The van der Waals surface area contributed by atoms with Gasteiger partial charge in [-0.2, -0.15) is 0 Å². The van der Waals surface area contributed by atoms with Gasteiger partial charge in [-0.15, -0.1) is 0 Å². The molecule has 0 spiro atoms. The van der Waals surface area contributed by atoms with Crippen molar-refractivity contribution in [3.63, 3.8) is 0 Å². The van der Waals surface area contributed by atoms with Crippen LogP contribution in [-0.4, -0.2) is 29.3 Å². The molecule has 4 amide bonds. The topological polar surface area (TPSA) is 78.5 Å². The molecule has 9 heteroatoms. The molecule has 0 saturated carbocycles. The third-order valence-electron chi connectivity index (χ3n) is 4.17. The highest BCUT2D eigenvalue weighted by Crippen LogP contribution is 2.31. The highest BCUT2D eigenvalue weighted by Gasteiger charge is 2.50. The molecule has 1 aliphatic heterocycles. The Labute approximate surface area is 161 Å². The number of urea groups is 1. The minimum Gasteiger partial charge on any atom is -0.325 e. The summed E-state index contributed by atoms with van der Waals surface area (Å²) in [6.45, 7) is 0.699. The van der Waals surface area contributed by atoms with Gasteiger partial charge in [-0.05, 0) is 49.4 Å². The number of carbonyl (C=O) groups is 3. The summed E-state index contributed by atoms with van der Waals surface area (Å²) in [5.74, 6) is -3.04. The highest BCUT2D eigenvalue weighted by atomic mass is 79.9. The van der Waals surface area contributed by atoms with Crippen molar-refractivity contribution in [2.75, 3.05) is 11.9 Å². The maximum Gasteiger partial charge on any atom is 0.325 e. The van der Waals surface area contributed by atoms with Gasteiger partial charge < -0.3 is 10.6 Å². The Bertz CT molecular complexity index is 936. The molecule has 140 valence electrons. The molecule has 1 fully saturated rings. The van der Waals surface area contributed by atoms with E-state index in [-0.39, 0.29) is 5.56 Å². The first kappa shape index (κ1) is 19.0. The van der Waals surface area contributed by atoms with Crippen LogP contribution in [0.25, 0.3) is 0 Å². The number of hydrogen-bond donors (Lipinski definition) is 2. The van der Waals surface area contributed by atoms with Gasteiger partial charge in [0.15, 0.2) is 0 Å². The lowest BCUT2D eigenvalue weighted by molar-refractivity contribution is -0.133. The fraction of sp³-hybridized carbons (Fsp3) is 0.167. The number of anilines is 1. The Morgan fingerprint density at radius 2 is 1.85 bits per heavy atom. The Balaban J connectivity index is 1.78. The van der Waals surface area contributed by atoms with Crippen LogP contribution in [0.5, 0.6) is 0 Å². The number of hydrogen-bond acceptors (Lipinski definition) is 3. The van der Waals surface area contributed by atoms with Crippen molar-refractivity contribution in [2.45, 2.75) is 12.5 Å². The van der Waals surface area contributed by atoms with Crippen LogP contribution in [0.4, 0.5) is 19.3 Å². The number of carbonyl (C=O) groups excluding carboxylic acids is 3. The SMILES string of the molecule is CC1(c2cc(F)ccc2F)NC(=O)N(CC(=O)Nc2ccc(Br)cc2)C1=O. The summed E-state index contributed by atoms with van der Waals surface area (Å²) in [6, 6.07) is 8.47. The van der Waals surface area contributed by atoms with Crippen molar-refractivity contribution >= 4 is 39.5 Å². The fourth-order valence-electron chi connectivity index (χ4n) is 2.78. The lowest BCUT2D eigenvalue weighted by atomic mass is 9.91. The van der Waals surface area contributed by atoms with Crippen LogP contribution in [0.15, 0.2) is 46.9 Å². The van der Waals surface area contributed by atoms with Crippen molar-refractivity contribution in [2.24, 2.45) is 0 Å². The molecule has 2 aromatic carbocycles. The van der Waals surface area contributed by atoms with Crippen LogP contribution < -0.4 is 10.6 Å². The number of amides is 4. The molecule has 6 nitrogen and oxygen atoms in total. The molecular weight excluding hydrogens is 424 g/mol. The maximum absolute atomic E-state index is 14.1. The molecule has 1 saturated heterocycles. The Morgan fingerprint density at radius 1 is 1.19 bits per heavy atom. The summed E-state index contributed by atoms with van der Waals surface area (Å²) in [5.41, 5.74) is -1.63. The zero-order valence-electron chi connectivity index (χ0n) is 14.1. The number of halogens is 3. The summed E-state index contributed by atoms with van der Waals surface area (Å²) in [5, 5.41) is 4.89. The van der Waals surface area contributed by atoms with E-state index in [9.17, 15) is 23.2 Å². The Kier molecular flexibility index (Phi) is 4.97. The zero-order chi connectivity index (χ0) is 19.8. The monoisotopic (exact) mass is 437 g/mol. The lowest BCUT2D eigenvalue weighted by Crippen LogP contribution is -2.42. The van der Waals surface area contributed by atoms with Gasteiger partial charge in [0.1, 0.15) is 23.7 Å². The number of nitrogens with one attached hydrogen (secondary N) is 2. The fourth-order valence-corrected chi connectivity index (χ4v) is 3.05. The average Bonchev–Trinajstić information content (AvgIpc) is 2.83. The smallest absolute Gasteiger partial charge is 0.325 e. The van der Waals surface area contributed by atoms with Crippen LogP contribution in [0.3, 0.4) is 0 Å². The molecule has 3 rings (SSSR count). The summed E-state index contributed by atoms with van der Waals surface area (Å²) >= 11 is 3.27. The molecule has 27 heavy (non-hydrogen) atoms. The van der Waals surface area contributed by atoms with Gasteiger partial charge in [0.2, 0.25) is 5.91 Å². The van der Waals surface area contributed by atoms with Crippen molar-refractivity contribution < 1.29 is 23.2 Å². The van der Waals surface area contributed by atoms with Crippen LogP contribution in [0.1, 0.15) is 12.5 Å². The first-order valence-electron chi connectivity index (χ1n) is 7.86. The van der Waals surface area contributed by atoms with E-state index in [1.165, 1.54) is 6.92 Å². The van der Waals surface area contributed by atoms with E-state index in [0.717, 1.165) is 22.7 Å². The quantitative estimate of drug-likeness (QED) is 0.721. The van der Waals surface area contributed by atoms with E-state index in [1.807, 2.05) is 0 Å². The molecule has 1 unspecified atom stereocenters. The predicted octanol–water partition coefficient (Wildman–Crippen LogP) is 3.13. The summed E-state index contributed by atoms with van der Waals surface area (Å²) in [6.07, 6.45) is 0. The predicted molar refractivity (Wildman–Crippen MR) is 96.7 cm³/mol. The average molecular weight is 438 g/mol. The second kappa shape index (κ2) is 7.07. The van der Waals surface area contributed by atoms with E-state index in [1.54, 1.807) is 24.3 Å². The van der Waals surface area contributed by atoms with Gasteiger partial charge in [-0.3, -0.25) is 14.5 Å². The van der Waals surface area contributed by atoms with E-state index >= 15 is 0 Å². The molecule has 1 heterocycles. The first-order valence-corrected chi connectivity index (χ1v) is 8.65. The summed E-state index contributed by atoms with van der Waals surface area (Å²) in [7, 11) is 0. The van der Waals surface area contributed by atoms with Crippen LogP contribution in [0, 0.1) is 11.6 Å². The Hall–Kier alpha value is -2.81. The van der Waals surface area contributed by atoms with Crippen LogP contribution >= 0.6 is 15.9 Å². The summed E-state index contributed by atoms with van der Waals surface area (Å²) < 4.78 is 28.4. The van der Waals surface area contributed by atoms with Gasteiger partial charge in [-0.25, -0.2) is 13.6 Å². The maximum atomic E-state index is 14.1. The molecule has 0 bridgehead atoms. The van der Waals surface area contributed by atoms with Gasteiger partial charge in [0.05, 0.1) is 0 Å². The third-order valence-corrected chi connectivity index (χ3v) is 4.70. The second-order valence-electron chi connectivity index (χ2n) is 6.13. The van der Waals surface area contributed by atoms with Gasteiger partial charge >= 0.3 is 6.03 Å². The minimum atomic E-state index is -1.80. The molecule has 0 aromatic heterocycles. The third kappa shape index (κ3) is 3.68. The normalized spacial score (nSPS) is 19.2. The minimum absolute atomic E-state index is 0.309. The van der Waals surface area contributed by atoms with Crippen molar-refractivity contribution in [3.05, 3.63) is 64.1 Å². The number of nitrogens with zero attached hydrogens (tertiary/aromatic N) is 1. The van der Waals surface area contributed by atoms with E-state index in [2.05, 4.69) is 26.6 Å². The molecule has 0 aliphatic carbocycles. The van der Waals surface area contributed by atoms with E-state index < -0.39 is 41.6 Å². The summed E-state index contributed by atoms with van der Waals surface area (Å²) in [4.78, 5) is 37.7. The molecule has 1 atom stereocenters. The molecule has 0 radical (unpaired) electrons. The molecule has 2 aromatic rings. The van der Waals surface area contributed by atoms with Crippen molar-refractivity contribution in [3.8, 4) is 0 Å². The van der Waals surface area contributed by atoms with Gasteiger partial charge in [0.25, 0.3) is 5.91 Å². The number of benzene rings is 2.